The van der Waals surface area contributed by atoms with Crippen LogP contribution in [0.4, 0.5) is 0 Å². The van der Waals surface area contributed by atoms with Crippen LogP contribution in [0.3, 0.4) is 0 Å². The summed E-state index contributed by atoms with van der Waals surface area (Å²) in [5.41, 5.74) is 7.05. The average Bonchev–Trinajstić information content (AvgIpc) is 2.39. The van der Waals surface area contributed by atoms with Crippen molar-refractivity contribution >= 4 is 5.91 Å². The van der Waals surface area contributed by atoms with E-state index in [-0.39, 0.29) is 17.9 Å². The summed E-state index contributed by atoms with van der Waals surface area (Å²) in [7, 11) is 1.86. The first-order valence-electron chi connectivity index (χ1n) is 6.56. The van der Waals surface area contributed by atoms with E-state index in [1.54, 1.807) is 17.3 Å². The third-order valence-corrected chi connectivity index (χ3v) is 3.61. The van der Waals surface area contributed by atoms with Crippen LogP contribution in [0.25, 0.3) is 0 Å². The lowest BCUT2D eigenvalue weighted by Gasteiger charge is -2.29. The Bertz CT molecular complexity index is 393. The van der Waals surface area contributed by atoms with Crippen molar-refractivity contribution in [3.05, 3.63) is 30.1 Å². The number of hydrogen-bond donors (Lipinski definition) is 1. The van der Waals surface area contributed by atoms with E-state index >= 15 is 0 Å². The molecule has 0 radical (unpaired) electrons. The van der Waals surface area contributed by atoms with Gasteiger partial charge in [-0.15, -0.1) is 0 Å². The number of aromatic nitrogens is 1. The molecule has 1 aromatic heterocycles. The second-order valence-electron chi connectivity index (χ2n) is 5.17. The Morgan fingerprint density at radius 1 is 1.44 bits per heavy atom. The zero-order valence-electron chi connectivity index (χ0n) is 10.9. The number of carbonyl (C=O) groups is 1. The number of nitrogens with zero attached hydrogens (tertiary/aromatic N) is 2. The Hall–Kier alpha value is -1.42. The van der Waals surface area contributed by atoms with Gasteiger partial charge in [-0.3, -0.25) is 9.78 Å². The molecule has 1 amide bonds. The summed E-state index contributed by atoms with van der Waals surface area (Å²) in [4.78, 5) is 18.1. The first-order chi connectivity index (χ1) is 8.66. The molecule has 2 unspecified atom stereocenters. The zero-order chi connectivity index (χ0) is 13.0. The smallest absolute Gasteiger partial charge is 0.225 e. The summed E-state index contributed by atoms with van der Waals surface area (Å²) < 4.78 is 0. The van der Waals surface area contributed by atoms with Gasteiger partial charge in [-0.25, -0.2) is 0 Å². The molecule has 0 aliphatic heterocycles. The molecule has 2 atom stereocenters. The SMILES string of the molecule is CN(Cc1ccncc1)C(=O)C1CCCC(N)C1. The Labute approximate surface area is 108 Å². The van der Waals surface area contributed by atoms with E-state index in [4.69, 9.17) is 5.73 Å². The van der Waals surface area contributed by atoms with Crippen molar-refractivity contribution in [3.63, 3.8) is 0 Å². The van der Waals surface area contributed by atoms with Crippen molar-refractivity contribution in [2.45, 2.75) is 38.3 Å². The van der Waals surface area contributed by atoms with Gasteiger partial charge in [-0.2, -0.15) is 0 Å². The average molecular weight is 247 g/mol. The fourth-order valence-corrected chi connectivity index (χ4v) is 2.60. The molecule has 2 rings (SSSR count). The van der Waals surface area contributed by atoms with Gasteiger partial charge in [0.25, 0.3) is 0 Å². The number of carbonyl (C=O) groups excluding carboxylic acids is 1. The molecule has 0 bridgehead atoms. The van der Waals surface area contributed by atoms with E-state index in [0.29, 0.717) is 6.54 Å². The van der Waals surface area contributed by atoms with Gasteiger partial charge >= 0.3 is 0 Å². The van der Waals surface area contributed by atoms with Gasteiger partial charge in [0.15, 0.2) is 0 Å². The van der Waals surface area contributed by atoms with Crippen LogP contribution in [0, 0.1) is 5.92 Å². The van der Waals surface area contributed by atoms with Gasteiger partial charge < -0.3 is 10.6 Å². The van der Waals surface area contributed by atoms with Gasteiger partial charge in [-0.05, 0) is 37.0 Å². The number of hydrogen-bond acceptors (Lipinski definition) is 3. The second kappa shape index (κ2) is 5.96. The number of nitrogens with two attached hydrogens (primary N) is 1. The van der Waals surface area contributed by atoms with Gasteiger partial charge in [0.1, 0.15) is 0 Å². The van der Waals surface area contributed by atoms with Crippen LogP contribution in [0.5, 0.6) is 0 Å². The monoisotopic (exact) mass is 247 g/mol. The molecule has 4 heteroatoms. The van der Waals surface area contributed by atoms with Crippen molar-refractivity contribution in [3.8, 4) is 0 Å². The minimum atomic E-state index is 0.112. The standard InChI is InChI=1S/C14H21N3O/c1-17(10-11-5-7-16-8-6-11)14(18)12-3-2-4-13(15)9-12/h5-8,12-13H,2-4,9-10,15H2,1H3. The van der Waals surface area contributed by atoms with Crippen LogP contribution in [0.1, 0.15) is 31.2 Å². The lowest BCUT2D eigenvalue weighted by atomic mass is 9.85. The van der Waals surface area contributed by atoms with E-state index in [1.807, 2.05) is 19.2 Å². The molecule has 0 saturated heterocycles. The first kappa shape index (κ1) is 13.0. The molecule has 0 spiro atoms. The van der Waals surface area contributed by atoms with E-state index in [9.17, 15) is 4.79 Å². The lowest BCUT2D eigenvalue weighted by Crippen LogP contribution is -2.38. The number of amides is 1. The molecule has 98 valence electrons. The highest BCUT2D eigenvalue weighted by Gasteiger charge is 2.27. The molecule has 1 saturated carbocycles. The van der Waals surface area contributed by atoms with Crippen molar-refractivity contribution < 1.29 is 4.79 Å². The number of pyridine rings is 1. The maximum Gasteiger partial charge on any atom is 0.225 e. The van der Waals surface area contributed by atoms with Crippen LogP contribution >= 0.6 is 0 Å². The van der Waals surface area contributed by atoms with Gasteiger partial charge in [0.05, 0.1) is 0 Å². The Morgan fingerprint density at radius 3 is 2.83 bits per heavy atom. The third kappa shape index (κ3) is 3.29. The lowest BCUT2D eigenvalue weighted by molar-refractivity contribution is -0.135. The topological polar surface area (TPSA) is 59.2 Å². The first-order valence-corrected chi connectivity index (χ1v) is 6.56. The molecule has 0 aromatic carbocycles. The van der Waals surface area contributed by atoms with Crippen LogP contribution in [0.15, 0.2) is 24.5 Å². The highest BCUT2D eigenvalue weighted by Crippen LogP contribution is 2.25. The van der Waals surface area contributed by atoms with Crippen molar-refractivity contribution in [1.29, 1.82) is 0 Å². The Balaban J connectivity index is 1.92. The molecular formula is C14H21N3O. The molecule has 2 N–H and O–H groups in total. The molecule has 1 heterocycles. The maximum atomic E-state index is 12.3. The zero-order valence-corrected chi connectivity index (χ0v) is 10.9. The fourth-order valence-electron chi connectivity index (χ4n) is 2.60. The highest BCUT2D eigenvalue weighted by atomic mass is 16.2. The number of rotatable bonds is 3. The molecular weight excluding hydrogens is 226 g/mol. The summed E-state index contributed by atoms with van der Waals surface area (Å²) in [6.45, 7) is 0.646. The van der Waals surface area contributed by atoms with Crippen molar-refractivity contribution in [1.82, 2.24) is 9.88 Å². The minimum Gasteiger partial charge on any atom is -0.341 e. The summed E-state index contributed by atoms with van der Waals surface area (Å²) in [6, 6.07) is 4.08. The van der Waals surface area contributed by atoms with Crippen LogP contribution in [-0.4, -0.2) is 28.9 Å². The highest BCUT2D eigenvalue weighted by molar-refractivity contribution is 5.78. The van der Waals surface area contributed by atoms with Gasteiger partial charge in [-0.1, -0.05) is 6.42 Å². The summed E-state index contributed by atoms with van der Waals surface area (Å²) in [5.74, 6) is 0.336. The van der Waals surface area contributed by atoms with Gasteiger partial charge in [0, 0.05) is 37.9 Å². The summed E-state index contributed by atoms with van der Waals surface area (Å²) in [6.07, 6.45) is 7.44. The predicted octanol–water partition coefficient (Wildman–Crippen LogP) is 1.56. The predicted molar refractivity (Wildman–Crippen MR) is 70.6 cm³/mol. The molecule has 4 nitrogen and oxygen atoms in total. The van der Waals surface area contributed by atoms with E-state index < -0.39 is 0 Å². The second-order valence-corrected chi connectivity index (χ2v) is 5.17. The Morgan fingerprint density at radius 2 is 2.17 bits per heavy atom. The molecule has 1 aliphatic rings. The summed E-state index contributed by atoms with van der Waals surface area (Å²) in [5, 5.41) is 0. The molecule has 1 fully saturated rings. The quantitative estimate of drug-likeness (QED) is 0.881. The van der Waals surface area contributed by atoms with E-state index in [0.717, 1.165) is 31.2 Å². The van der Waals surface area contributed by atoms with E-state index in [2.05, 4.69) is 4.98 Å². The third-order valence-electron chi connectivity index (χ3n) is 3.61. The largest absolute Gasteiger partial charge is 0.341 e. The minimum absolute atomic E-state index is 0.112. The van der Waals surface area contributed by atoms with Crippen LogP contribution in [0.2, 0.25) is 0 Å². The van der Waals surface area contributed by atoms with Crippen molar-refractivity contribution in [2.24, 2.45) is 11.7 Å². The van der Waals surface area contributed by atoms with E-state index in [1.165, 1.54) is 0 Å². The van der Waals surface area contributed by atoms with Crippen molar-refractivity contribution in [2.75, 3.05) is 7.05 Å². The molecule has 1 aromatic rings. The van der Waals surface area contributed by atoms with Crippen LogP contribution < -0.4 is 5.73 Å². The molecule has 1 aliphatic carbocycles. The van der Waals surface area contributed by atoms with Gasteiger partial charge in [0.2, 0.25) is 5.91 Å². The van der Waals surface area contributed by atoms with Crippen LogP contribution in [-0.2, 0) is 11.3 Å². The maximum absolute atomic E-state index is 12.3. The molecule has 18 heavy (non-hydrogen) atoms. The Kier molecular flexibility index (Phi) is 4.31. The summed E-state index contributed by atoms with van der Waals surface area (Å²) >= 11 is 0. The fraction of sp³-hybridized carbons (Fsp3) is 0.571. The normalized spacial score (nSPS) is 23.7.